The van der Waals surface area contributed by atoms with E-state index >= 15 is 0 Å². The molecule has 0 spiro atoms. The van der Waals surface area contributed by atoms with E-state index in [0.717, 1.165) is 4.47 Å². The molecule has 3 heteroatoms. The summed E-state index contributed by atoms with van der Waals surface area (Å²) in [6, 6.07) is 4.97. The molecule has 0 saturated heterocycles. The van der Waals surface area contributed by atoms with E-state index in [-0.39, 0.29) is 0 Å². The van der Waals surface area contributed by atoms with Crippen LogP contribution in [0.15, 0.2) is 22.7 Å². The van der Waals surface area contributed by atoms with E-state index in [1.54, 1.807) is 18.2 Å². The predicted octanol–water partition coefficient (Wildman–Crippen LogP) is 3.14. The third-order valence-corrected chi connectivity index (χ3v) is 1.87. The van der Waals surface area contributed by atoms with Crippen LogP contribution in [0.4, 0.5) is 5.69 Å². The fourth-order valence-corrected chi connectivity index (χ4v) is 1.31. The van der Waals surface area contributed by atoms with E-state index < -0.39 is 6.98 Å². The first-order valence-corrected chi connectivity index (χ1v) is 3.79. The van der Waals surface area contributed by atoms with Gasteiger partial charge in [-0.15, -0.1) is 0 Å². The lowest BCUT2D eigenvalue weighted by Crippen LogP contribution is -1.87. The van der Waals surface area contributed by atoms with Gasteiger partial charge >= 0.3 is 0 Å². The molecule has 0 bridgehead atoms. The van der Waals surface area contributed by atoms with Gasteiger partial charge in [-0.05, 0) is 18.2 Å². The lowest BCUT2D eigenvalue weighted by atomic mass is 10.3. The number of anilines is 1. The minimum Gasteiger partial charge on any atom is -0.387 e. The molecule has 0 aliphatic rings. The number of nitrogens with one attached hydrogen (secondary N) is 1. The molecule has 1 rings (SSSR count). The van der Waals surface area contributed by atoms with Gasteiger partial charge in [-0.2, -0.15) is 0 Å². The Morgan fingerprint density at radius 1 is 1.70 bits per heavy atom. The summed E-state index contributed by atoms with van der Waals surface area (Å²) in [6.07, 6.45) is 0. The number of hydrogen-bond acceptors (Lipinski definition) is 1. The van der Waals surface area contributed by atoms with E-state index in [1.165, 1.54) is 0 Å². The fraction of sp³-hybridized carbons (Fsp3) is 0.143. The van der Waals surface area contributed by atoms with E-state index in [1.807, 2.05) is 0 Å². The molecule has 1 N–H and O–H groups in total. The smallest absolute Gasteiger partial charge is 0.0648 e. The molecule has 0 heterocycles. The Balaban J connectivity index is 2.90. The highest BCUT2D eigenvalue weighted by Gasteiger charge is 1.95. The molecule has 0 aliphatic heterocycles. The van der Waals surface area contributed by atoms with Crippen molar-refractivity contribution in [2.24, 2.45) is 0 Å². The van der Waals surface area contributed by atoms with Gasteiger partial charge in [0, 0.05) is 15.6 Å². The summed E-state index contributed by atoms with van der Waals surface area (Å²) < 4.78 is 21.7. The van der Waals surface area contributed by atoms with Crippen LogP contribution in [-0.2, 0) is 0 Å². The molecule has 1 aromatic carbocycles. The molecule has 0 unspecified atom stereocenters. The summed E-state index contributed by atoms with van der Waals surface area (Å²) in [5.41, 5.74) is 0.407. The van der Waals surface area contributed by atoms with Gasteiger partial charge in [0.1, 0.15) is 0 Å². The largest absolute Gasteiger partial charge is 0.387 e. The first kappa shape index (κ1) is 4.62. The van der Waals surface area contributed by atoms with Crippen molar-refractivity contribution >= 4 is 33.2 Å². The minimum atomic E-state index is -2.21. The first-order chi connectivity index (χ1) is 5.88. The van der Waals surface area contributed by atoms with E-state index in [2.05, 4.69) is 21.2 Å². The summed E-state index contributed by atoms with van der Waals surface area (Å²) in [5, 5.41) is 2.70. The number of benzene rings is 1. The van der Waals surface area contributed by atoms with E-state index in [4.69, 9.17) is 15.7 Å². The monoisotopic (exact) mass is 222 g/mol. The molecule has 0 atom stereocenters. The van der Waals surface area contributed by atoms with Gasteiger partial charge in [-0.3, -0.25) is 0 Å². The molecule has 0 radical (unpaired) electrons. The van der Waals surface area contributed by atoms with Crippen LogP contribution in [0.1, 0.15) is 4.11 Å². The second-order valence-corrected chi connectivity index (χ2v) is 3.07. The maximum atomic E-state index is 6.97. The van der Waals surface area contributed by atoms with Crippen LogP contribution in [0.25, 0.3) is 0 Å². The van der Waals surface area contributed by atoms with Gasteiger partial charge in [0.2, 0.25) is 0 Å². The second kappa shape index (κ2) is 3.26. The lowest BCUT2D eigenvalue weighted by molar-refractivity contribution is 1.50. The zero-order chi connectivity index (χ0) is 10.1. The van der Waals surface area contributed by atoms with Crippen molar-refractivity contribution in [1.82, 2.24) is 0 Å². The number of halogens is 2. The molecular formula is C7H7BrClN. The molecule has 1 nitrogen and oxygen atoms in total. The molecular weight excluding hydrogens is 213 g/mol. The van der Waals surface area contributed by atoms with Crippen molar-refractivity contribution in [1.29, 1.82) is 0 Å². The van der Waals surface area contributed by atoms with Gasteiger partial charge in [-0.1, -0.05) is 27.5 Å². The van der Waals surface area contributed by atoms with Crippen molar-refractivity contribution < 1.29 is 4.11 Å². The van der Waals surface area contributed by atoms with Crippen LogP contribution in [0.5, 0.6) is 0 Å². The molecule has 0 saturated carbocycles. The van der Waals surface area contributed by atoms with Gasteiger partial charge in [0.25, 0.3) is 0 Å². The molecule has 0 aliphatic carbocycles. The molecule has 0 amide bonds. The first-order valence-electron chi connectivity index (χ1n) is 4.12. The van der Waals surface area contributed by atoms with Crippen LogP contribution in [0.2, 0.25) is 5.02 Å². The topological polar surface area (TPSA) is 12.0 Å². The quantitative estimate of drug-likeness (QED) is 0.771. The Hall–Kier alpha value is -0.210. The van der Waals surface area contributed by atoms with Crippen LogP contribution in [0, 0.1) is 0 Å². The summed E-state index contributed by atoms with van der Waals surface area (Å²) >= 11 is 9.02. The Bertz CT molecular complexity index is 313. The molecule has 54 valence electrons. The number of hydrogen-bond donors (Lipinski definition) is 1. The normalized spacial score (nSPS) is 15.2. The van der Waals surface area contributed by atoms with Crippen LogP contribution < -0.4 is 5.32 Å². The molecule has 10 heavy (non-hydrogen) atoms. The SMILES string of the molecule is [2H]C([2H])([2H])Nc1ccc(Br)cc1Cl. The highest BCUT2D eigenvalue weighted by Crippen LogP contribution is 2.24. The van der Waals surface area contributed by atoms with E-state index in [0.29, 0.717) is 10.7 Å². The van der Waals surface area contributed by atoms with Gasteiger partial charge < -0.3 is 5.32 Å². The van der Waals surface area contributed by atoms with Crippen molar-refractivity contribution in [2.75, 3.05) is 12.3 Å². The van der Waals surface area contributed by atoms with Crippen molar-refractivity contribution in [2.45, 2.75) is 0 Å². The molecule has 0 fully saturated rings. The van der Waals surface area contributed by atoms with Gasteiger partial charge in [-0.25, -0.2) is 0 Å². The van der Waals surface area contributed by atoms with Crippen molar-refractivity contribution in [3.63, 3.8) is 0 Å². The third-order valence-electron chi connectivity index (χ3n) is 1.07. The van der Waals surface area contributed by atoms with Crippen LogP contribution in [0.3, 0.4) is 0 Å². The lowest BCUT2D eigenvalue weighted by Gasteiger charge is -2.01. The van der Waals surface area contributed by atoms with E-state index in [9.17, 15) is 0 Å². The zero-order valence-corrected chi connectivity index (χ0v) is 7.33. The predicted molar refractivity (Wildman–Crippen MR) is 48.7 cm³/mol. The van der Waals surface area contributed by atoms with Crippen molar-refractivity contribution in [3.05, 3.63) is 27.7 Å². The molecule has 1 aromatic rings. The summed E-state index contributed by atoms with van der Waals surface area (Å²) in [5.74, 6) is 0. The maximum Gasteiger partial charge on any atom is 0.0648 e. The summed E-state index contributed by atoms with van der Waals surface area (Å²) in [6.45, 7) is -2.21. The standard InChI is InChI=1S/C7H7BrClN/c1-10-7-3-2-5(8)4-6(7)9/h2-4,10H,1H3/i1D3. The Morgan fingerprint density at radius 3 is 3.10 bits per heavy atom. The second-order valence-electron chi connectivity index (χ2n) is 1.75. The highest BCUT2D eigenvalue weighted by molar-refractivity contribution is 9.10. The maximum absolute atomic E-state index is 6.97. The highest BCUT2D eigenvalue weighted by atomic mass is 79.9. The van der Waals surface area contributed by atoms with Crippen LogP contribution in [-0.4, -0.2) is 6.98 Å². The van der Waals surface area contributed by atoms with Crippen molar-refractivity contribution in [3.8, 4) is 0 Å². The average Bonchev–Trinajstić information content (AvgIpc) is 1.93. The number of rotatable bonds is 1. The fourth-order valence-electron chi connectivity index (χ4n) is 0.591. The third kappa shape index (κ3) is 1.64. The van der Waals surface area contributed by atoms with Crippen LogP contribution >= 0.6 is 27.5 Å². The minimum absolute atomic E-state index is 0.380. The average molecular weight is 224 g/mol. The summed E-state index contributed by atoms with van der Waals surface area (Å²) in [4.78, 5) is 0. The Kier molecular flexibility index (Phi) is 1.51. The zero-order valence-electron chi connectivity index (χ0n) is 7.99. The van der Waals surface area contributed by atoms with Gasteiger partial charge in [0.05, 0.1) is 10.7 Å². The van der Waals surface area contributed by atoms with Gasteiger partial charge in [0.15, 0.2) is 0 Å². The molecule has 0 aromatic heterocycles. The Labute approximate surface area is 77.7 Å². The Morgan fingerprint density at radius 2 is 2.50 bits per heavy atom. The summed E-state index contributed by atoms with van der Waals surface area (Å²) in [7, 11) is 0.